The van der Waals surface area contributed by atoms with Crippen LogP contribution in [-0.2, 0) is 16.0 Å². The Bertz CT molecular complexity index is 953. The highest BCUT2D eigenvalue weighted by atomic mass is 16.2. The number of benzene rings is 3. The van der Waals surface area contributed by atoms with E-state index in [0.717, 1.165) is 16.7 Å². The van der Waals surface area contributed by atoms with E-state index in [4.69, 9.17) is 0 Å². The van der Waals surface area contributed by atoms with E-state index in [-0.39, 0.29) is 24.3 Å². The van der Waals surface area contributed by atoms with Gasteiger partial charge in [-0.2, -0.15) is 0 Å². The summed E-state index contributed by atoms with van der Waals surface area (Å²) in [6.45, 7) is 3.68. The van der Waals surface area contributed by atoms with Crippen molar-refractivity contribution in [2.75, 3.05) is 6.54 Å². The maximum absolute atomic E-state index is 12.6. The zero-order chi connectivity index (χ0) is 21.3. The lowest BCUT2D eigenvalue weighted by molar-refractivity contribution is -0.126. The first-order chi connectivity index (χ1) is 14.5. The number of nitrogens with one attached hydrogen (secondary N) is 2. The van der Waals surface area contributed by atoms with Crippen molar-refractivity contribution >= 4 is 11.7 Å². The van der Waals surface area contributed by atoms with Crippen molar-refractivity contribution in [3.8, 4) is 0 Å². The molecule has 3 aromatic rings. The lowest BCUT2D eigenvalue weighted by Gasteiger charge is -2.21. The Labute approximate surface area is 178 Å². The topological polar surface area (TPSA) is 58.2 Å². The first kappa shape index (κ1) is 21.5. The molecule has 0 saturated heterocycles. The molecule has 0 fully saturated rings. The fourth-order valence-electron chi connectivity index (χ4n) is 3.42. The summed E-state index contributed by atoms with van der Waals surface area (Å²) in [5, 5.41) is 6.24. The number of rotatable bonds is 9. The molecule has 3 rings (SSSR count). The number of ketones is 1. The largest absolute Gasteiger partial charge is 0.345 e. The summed E-state index contributed by atoms with van der Waals surface area (Å²) in [4.78, 5) is 24.7. The SMILES string of the molecule is CC(=O)[C@@H](Cc1ccccc1)NC(=O)CN[C@H](c1ccccc1)c1ccc(C)cc1. The first-order valence-corrected chi connectivity index (χ1v) is 10.2. The van der Waals surface area contributed by atoms with E-state index >= 15 is 0 Å². The molecular formula is C26H28N2O2. The molecule has 4 nitrogen and oxygen atoms in total. The lowest BCUT2D eigenvalue weighted by atomic mass is 9.98. The van der Waals surface area contributed by atoms with Gasteiger partial charge in [0.05, 0.1) is 18.6 Å². The molecule has 0 aliphatic carbocycles. The fourth-order valence-corrected chi connectivity index (χ4v) is 3.42. The molecular weight excluding hydrogens is 372 g/mol. The summed E-state index contributed by atoms with van der Waals surface area (Å²) in [5.41, 5.74) is 4.38. The monoisotopic (exact) mass is 400 g/mol. The van der Waals surface area contributed by atoms with Gasteiger partial charge in [0.1, 0.15) is 0 Å². The van der Waals surface area contributed by atoms with Crippen LogP contribution in [0.3, 0.4) is 0 Å². The number of amides is 1. The summed E-state index contributed by atoms with van der Waals surface area (Å²) < 4.78 is 0. The molecule has 0 saturated carbocycles. The molecule has 30 heavy (non-hydrogen) atoms. The van der Waals surface area contributed by atoms with Gasteiger partial charge in [-0.25, -0.2) is 0 Å². The Morgan fingerprint density at radius 1 is 0.800 bits per heavy atom. The van der Waals surface area contributed by atoms with E-state index in [1.54, 1.807) is 0 Å². The molecule has 0 aromatic heterocycles. The molecule has 0 aliphatic rings. The quantitative estimate of drug-likeness (QED) is 0.571. The third kappa shape index (κ3) is 6.13. The van der Waals surface area contributed by atoms with E-state index in [1.165, 1.54) is 12.5 Å². The van der Waals surface area contributed by atoms with Crippen molar-refractivity contribution < 1.29 is 9.59 Å². The third-order valence-electron chi connectivity index (χ3n) is 5.12. The highest BCUT2D eigenvalue weighted by Gasteiger charge is 2.19. The van der Waals surface area contributed by atoms with Crippen LogP contribution in [0.1, 0.15) is 35.2 Å². The standard InChI is InChI=1S/C26H28N2O2/c1-19-13-15-23(16-14-19)26(22-11-7-4-8-12-22)27-18-25(30)28-24(20(2)29)17-21-9-5-3-6-10-21/h3-16,24,26-27H,17-18H2,1-2H3,(H,28,30)/t24-,26-/m1/s1. The highest BCUT2D eigenvalue weighted by Crippen LogP contribution is 2.22. The minimum absolute atomic E-state index is 0.0506. The maximum Gasteiger partial charge on any atom is 0.234 e. The van der Waals surface area contributed by atoms with Crippen molar-refractivity contribution in [3.05, 3.63) is 107 Å². The van der Waals surface area contributed by atoms with Crippen molar-refractivity contribution in [2.45, 2.75) is 32.4 Å². The van der Waals surface area contributed by atoms with Crippen molar-refractivity contribution in [1.29, 1.82) is 0 Å². The Morgan fingerprint density at radius 2 is 1.37 bits per heavy atom. The third-order valence-corrected chi connectivity index (χ3v) is 5.12. The van der Waals surface area contributed by atoms with Gasteiger partial charge in [-0.1, -0.05) is 90.5 Å². The minimum atomic E-state index is -0.531. The molecule has 2 N–H and O–H groups in total. The average Bonchev–Trinajstić information content (AvgIpc) is 2.76. The fraction of sp³-hybridized carbons (Fsp3) is 0.231. The summed E-state index contributed by atoms with van der Waals surface area (Å²) in [6, 6.07) is 27.4. The van der Waals surface area contributed by atoms with E-state index in [1.807, 2.05) is 60.7 Å². The molecule has 0 unspecified atom stereocenters. The van der Waals surface area contributed by atoms with E-state index in [9.17, 15) is 9.59 Å². The predicted molar refractivity (Wildman–Crippen MR) is 120 cm³/mol. The second-order valence-electron chi connectivity index (χ2n) is 7.56. The molecule has 1 amide bonds. The van der Waals surface area contributed by atoms with Crippen molar-refractivity contribution in [2.24, 2.45) is 0 Å². The smallest absolute Gasteiger partial charge is 0.234 e. The van der Waals surface area contributed by atoms with Gasteiger partial charge in [0.15, 0.2) is 5.78 Å². The van der Waals surface area contributed by atoms with E-state index in [0.29, 0.717) is 6.42 Å². The van der Waals surface area contributed by atoms with Gasteiger partial charge < -0.3 is 5.32 Å². The van der Waals surface area contributed by atoms with E-state index in [2.05, 4.69) is 41.8 Å². The van der Waals surface area contributed by atoms with Crippen LogP contribution >= 0.6 is 0 Å². The van der Waals surface area contributed by atoms with Crippen LogP contribution in [0.2, 0.25) is 0 Å². The molecule has 0 heterocycles. The van der Waals surface area contributed by atoms with Gasteiger partial charge in [-0.3, -0.25) is 14.9 Å². The number of hydrogen-bond acceptors (Lipinski definition) is 3. The zero-order valence-corrected chi connectivity index (χ0v) is 17.5. The molecule has 0 aliphatic heterocycles. The number of carbonyl (C=O) groups is 2. The van der Waals surface area contributed by atoms with Crippen LogP contribution in [0.15, 0.2) is 84.9 Å². The van der Waals surface area contributed by atoms with Crippen LogP contribution in [0.5, 0.6) is 0 Å². The second kappa shape index (κ2) is 10.5. The molecule has 2 atom stereocenters. The van der Waals surface area contributed by atoms with Crippen LogP contribution in [0.4, 0.5) is 0 Å². The van der Waals surface area contributed by atoms with E-state index < -0.39 is 6.04 Å². The van der Waals surface area contributed by atoms with Gasteiger partial charge in [0.2, 0.25) is 5.91 Å². The molecule has 154 valence electrons. The second-order valence-corrected chi connectivity index (χ2v) is 7.56. The molecule has 0 bridgehead atoms. The van der Waals surface area contributed by atoms with Gasteiger partial charge in [-0.05, 0) is 37.0 Å². The number of hydrogen-bond donors (Lipinski definition) is 2. The molecule has 4 heteroatoms. The van der Waals surface area contributed by atoms with Crippen LogP contribution < -0.4 is 10.6 Å². The number of Topliss-reactive ketones (excluding diaryl/α,β-unsaturated/α-hetero) is 1. The van der Waals surface area contributed by atoms with Crippen LogP contribution in [0.25, 0.3) is 0 Å². The van der Waals surface area contributed by atoms with Gasteiger partial charge in [0.25, 0.3) is 0 Å². The van der Waals surface area contributed by atoms with Crippen LogP contribution in [-0.4, -0.2) is 24.3 Å². The average molecular weight is 401 g/mol. The van der Waals surface area contributed by atoms with Crippen molar-refractivity contribution in [3.63, 3.8) is 0 Å². The first-order valence-electron chi connectivity index (χ1n) is 10.2. The molecule has 3 aromatic carbocycles. The zero-order valence-electron chi connectivity index (χ0n) is 17.5. The summed E-state index contributed by atoms with van der Waals surface area (Å²) in [7, 11) is 0. The molecule has 0 radical (unpaired) electrons. The van der Waals surface area contributed by atoms with Gasteiger partial charge >= 0.3 is 0 Å². The van der Waals surface area contributed by atoms with Crippen LogP contribution in [0, 0.1) is 6.92 Å². The minimum Gasteiger partial charge on any atom is -0.345 e. The number of aryl methyl sites for hydroxylation is 1. The van der Waals surface area contributed by atoms with Gasteiger partial charge in [-0.15, -0.1) is 0 Å². The Kier molecular flexibility index (Phi) is 7.52. The Morgan fingerprint density at radius 3 is 1.97 bits per heavy atom. The normalized spacial score (nSPS) is 12.7. The Balaban J connectivity index is 1.67. The maximum atomic E-state index is 12.6. The van der Waals surface area contributed by atoms with Crippen molar-refractivity contribution in [1.82, 2.24) is 10.6 Å². The lowest BCUT2D eigenvalue weighted by Crippen LogP contribution is -2.45. The summed E-state index contributed by atoms with van der Waals surface area (Å²) in [6.07, 6.45) is 0.488. The van der Waals surface area contributed by atoms with Gasteiger partial charge in [0, 0.05) is 0 Å². The number of carbonyl (C=O) groups excluding carboxylic acids is 2. The Hall–Kier alpha value is -3.24. The highest BCUT2D eigenvalue weighted by molar-refractivity contribution is 5.88. The summed E-state index contributed by atoms with van der Waals surface area (Å²) >= 11 is 0. The predicted octanol–water partition coefficient (Wildman–Crippen LogP) is 3.99. The molecule has 0 spiro atoms. The summed E-state index contributed by atoms with van der Waals surface area (Å²) in [5.74, 6) is -0.246.